The summed E-state index contributed by atoms with van der Waals surface area (Å²) in [5.74, 6) is 0. The average molecular weight is 397 g/mol. The molecule has 3 aromatic rings. The lowest BCUT2D eigenvalue weighted by atomic mass is 10.0. The third-order valence-corrected chi connectivity index (χ3v) is 3.89. The van der Waals surface area contributed by atoms with Crippen molar-refractivity contribution in [3.8, 4) is 11.3 Å². The Morgan fingerprint density at radius 2 is 2.17 bits per heavy atom. The molecule has 0 atom stereocenters. The lowest BCUT2D eigenvalue weighted by molar-refractivity contribution is 0.149. The summed E-state index contributed by atoms with van der Waals surface area (Å²) in [4.78, 5) is 14.8. The maximum Gasteiger partial charge on any atom is 0.404 e. The number of carbonyl (C=O) groups is 1. The number of nitrogens with zero attached hydrogens (tertiary/aromatic N) is 3. The Labute approximate surface area is 143 Å². The van der Waals surface area contributed by atoms with E-state index in [2.05, 4.69) is 31.3 Å². The number of carboxylic acid groups (broad SMARTS) is 1. The predicted octanol–water partition coefficient (Wildman–Crippen LogP) is 3.86. The summed E-state index contributed by atoms with van der Waals surface area (Å²) >= 11 is 3.34. The van der Waals surface area contributed by atoms with Gasteiger partial charge in [-0.3, -0.25) is 0 Å². The van der Waals surface area contributed by atoms with Crippen molar-refractivity contribution in [3.05, 3.63) is 52.4 Å². The number of halogens is 3. The van der Waals surface area contributed by atoms with Crippen molar-refractivity contribution in [2.75, 3.05) is 0 Å². The van der Waals surface area contributed by atoms with Crippen molar-refractivity contribution in [2.24, 2.45) is 0 Å². The number of fused-ring (bicyclic) bond motifs is 1. The molecule has 1 aromatic carbocycles. The van der Waals surface area contributed by atoms with Crippen LogP contribution in [0.15, 0.2) is 41.3 Å². The molecule has 2 N–H and O–H groups in total. The molecule has 2 aromatic heterocycles. The van der Waals surface area contributed by atoms with Crippen LogP contribution >= 0.6 is 15.9 Å². The highest BCUT2D eigenvalue weighted by Gasteiger charge is 2.17. The smallest absolute Gasteiger partial charge is 0.404 e. The van der Waals surface area contributed by atoms with Crippen LogP contribution < -0.4 is 5.32 Å². The van der Waals surface area contributed by atoms with Crippen LogP contribution in [0.25, 0.3) is 16.8 Å². The monoisotopic (exact) mass is 396 g/mol. The topological polar surface area (TPSA) is 79.5 Å². The van der Waals surface area contributed by atoms with Gasteiger partial charge in [-0.25, -0.2) is 23.1 Å². The van der Waals surface area contributed by atoms with Gasteiger partial charge in [0.05, 0.1) is 11.2 Å². The first-order valence-corrected chi connectivity index (χ1v) is 7.62. The van der Waals surface area contributed by atoms with Crippen LogP contribution in [-0.4, -0.2) is 25.8 Å². The van der Waals surface area contributed by atoms with Crippen molar-refractivity contribution < 1.29 is 18.7 Å². The van der Waals surface area contributed by atoms with Gasteiger partial charge in [-0.2, -0.15) is 5.10 Å². The highest BCUT2D eigenvalue weighted by Crippen LogP contribution is 2.30. The van der Waals surface area contributed by atoms with Crippen molar-refractivity contribution in [2.45, 2.75) is 13.0 Å². The van der Waals surface area contributed by atoms with Crippen LogP contribution in [0.3, 0.4) is 0 Å². The summed E-state index contributed by atoms with van der Waals surface area (Å²) in [6.45, 7) is -0.189. The van der Waals surface area contributed by atoms with E-state index in [4.69, 9.17) is 5.11 Å². The number of rotatable bonds is 4. The molecule has 0 unspecified atom stereocenters. The van der Waals surface area contributed by atoms with Gasteiger partial charge < -0.3 is 10.4 Å². The normalized spacial score (nSPS) is 11.2. The van der Waals surface area contributed by atoms with E-state index in [-0.39, 0.29) is 17.7 Å². The molecule has 124 valence electrons. The second kappa shape index (κ2) is 6.52. The van der Waals surface area contributed by atoms with Gasteiger partial charge in [0, 0.05) is 28.3 Å². The first-order valence-electron chi connectivity index (χ1n) is 6.82. The molecule has 24 heavy (non-hydrogen) atoms. The summed E-state index contributed by atoms with van der Waals surface area (Å²) in [5.41, 5.74) is 1.67. The standard InChI is InChI=1S/C15H11BrF2N4O2/c16-10-4-12-13(20-7-21-22(12)6-10)8-1-2-9(5-19-15(23)24)11(3-8)14(17)18/h1-4,6-7,14,19H,5H2,(H,23,24). The van der Waals surface area contributed by atoms with E-state index in [9.17, 15) is 13.6 Å². The molecule has 2 heterocycles. The quantitative estimate of drug-likeness (QED) is 0.701. The Bertz CT molecular complexity index is 914. The number of aromatic nitrogens is 3. The molecule has 0 saturated heterocycles. The lowest BCUT2D eigenvalue weighted by Crippen LogP contribution is -2.20. The Morgan fingerprint density at radius 3 is 2.88 bits per heavy atom. The Balaban J connectivity index is 2.07. The summed E-state index contributed by atoms with van der Waals surface area (Å²) in [6, 6.07) is 6.22. The zero-order valence-electron chi connectivity index (χ0n) is 12.1. The third-order valence-electron chi connectivity index (χ3n) is 3.46. The SMILES string of the molecule is O=C(O)NCc1ccc(-c2ncnn3cc(Br)cc23)cc1C(F)F. The molecule has 0 bridgehead atoms. The predicted molar refractivity (Wildman–Crippen MR) is 85.9 cm³/mol. The zero-order chi connectivity index (χ0) is 17.3. The van der Waals surface area contributed by atoms with Crippen LogP contribution in [-0.2, 0) is 6.54 Å². The number of hydrogen-bond donors (Lipinski definition) is 2. The van der Waals surface area contributed by atoms with Crippen molar-refractivity contribution in [1.82, 2.24) is 19.9 Å². The van der Waals surface area contributed by atoms with Gasteiger partial charge in [0.2, 0.25) is 0 Å². The molecule has 1 amide bonds. The van der Waals surface area contributed by atoms with Gasteiger partial charge in [-0.1, -0.05) is 12.1 Å². The van der Waals surface area contributed by atoms with Gasteiger partial charge in [0.25, 0.3) is 6.43 Å². The van der Waals surface area contributed by atoms with Gasteiger partial charge in [0.1, 0.15) is 6.33 Å². The summed E-state index contributed by atoms with van der Waals surface area (Å²) in [7, 11) is 0. The minimum absolute atomic E-state index is 0.189. The number of nitrogens with one attached hydrogen (secondary N) is 1. The van der Waals surface area contributed by atoms with E-state index >= 15 is 0 Å². The van der Waals surface area contributed by atoms with Crippen molar-refractivity contribution in [3.63, 3.8) is 0 Å². The Kier molecular flexibility index (Phi) is 4.43. The molecule has 0 spiro atoms. The van der Waals surface area contributed by atoms with Gasteiger partial charge >= 0.3 is 6.09 Å². The van der Waals surface area contributed by atoms with E-state index < -0.39 is 12.5 Å². The van der Waals surface area contributed by atoms with E-state index in [0.717, 1.165) is 4.47 Å². The molecular formula is C15H11BrF2N4O2. The van der Waals surface area contributed by atoms with Crippen LogP contribution in [0, 0.1) is 0 Å². The maximum absolute atomic E-state index is 13.3. The Hall–Kier alpha value is -2.55. The van der Waals surface area contributed by atoms with E-state index in [1.165, 1.54) is 18.5 Å². The summed E-state index contributed by atoms with van der Waals surface area (Å²) in [5, 5.41) is 14.8. The number of alkyl halides is 2. The number of hydrogen-bond acceptors (Lipinski definition) is 3. The van der Waals surface area contributed by atoms with Gasteiger partial charge in [-0.05, 0) is 33.6 Å². The molecule has 6 nitrogen and oxygen atoms in total. The van der Waals surface area contributed by atoms with Gasteiger partial charge in [-0.15, -0.1) is 0 Å². The fraction of sp³-hybridized carbons (Fsp3) is 0.133. The molecule has 3 rings (SSSR count). The maximum atomic E-state index is 13.3. The van der Waals surface area contributed by atoms with Gasteiger partial charge in [0.15, 0.2) is 0 Å². The lowest BCUT2D eigenvalue weighted by Gasteiger charge is -2.11. The van der Waals surface area contributed by atoms with Crippen LogP contribution in [0.1, 0.15) is 17.6 Å². The van der Waals surface area contributed by atoms with Crippen LogP contribution in [0.2, 0.25) is 0 Å². The van der Waals surface area contributed by atoms with Crippen LogP contribution in [0.5, 0.6) is 0 Å². The summed E-state index contributed by atoms with van der Waals surface area (Å²) in [6.07, 6.45) is -0.919. The molecule has 0 radical (unpaired) electrons. The third kappa shape index (κ3) is 3.21. The molecule has 9 heteroatoms. The van der Waals surface area contributed by atoms with E-state index in [1.54, 1.807) is 22.8 Å². The minimum Gasteiger partial charge on any atom is -0.465 e. The van der Waals surface area contributed by atoms with E-state index in [0.29, 0.717) is 16.8 Å². The largest absolute Gasteiger partial charge is 0.465 e. The summed E-state index contributed by atoms with van der Waals surface area (Å²) < 4.78 is 29.1. The van der Waals surface area contributed by atoms with E-state index in [1.807, 2.05) is 0 Å². The fourth-order valence-electron chi connectivity index (χ4n) is 2.40. The van der Waals surface area contributed by atoms with Crippen LogP contribution in [0.4, 0.5) is 13.6 Å². The highest BCUT2D eigenvalue weighted by molar-refractivity contribution is 9.10. The van der Waals surface area contributed by atoms with Crippen molar-refractivity contribution in [1.29, 1.82) is 0 Å². The zero-order valence-corrected chi connectivity index (χ0v) is 13.7. The molecule has 0 fully saturated rings. The van der Waals surface area contributed by atoms with Crippen molar-refractivity contribution >= 4 is 27.5 Å². The second-order valence-corrected chi connectivity index (χ2v) is 5.89. The molecule has 0 aliphatic heterocycles. The highest BCUT2D eigenvalue weighted by atomic mass is 79.9. The number of amides is 1. The first-order chi connectivity index (χ1) is 11.5. The second-order valence-electron chi connectivity index (χ2n) is 4.97. The molecule has 0 saturated carbocycles. The minimum atomic E-state index is -2.73. The Morgan fingerprint density at radius 1 is 1.38 bits per heavy atom. The molecule has 0 aliphatic carbocycles. The first kappa shape index (κ1) is 16.3. The fourth-order valence-corrected chi connectivity index (χ4v) is 2.81. The molecular weight excluding hydrogens is 386 g/mol. The molecule has 0 aliphatic rings. The number of benzene rings is 1. The average Bonchev–Trinajstić information content (AvgIpc) is 2.92.